The maximum absolute atomic E-state index is 13.2. The third-order valence-corrected chi connectivity index (χ3v) is 1.85. The summed E-state index contributed by atoms with van der Waals surface area (Å²) in [6.07, 6.45) is 0.142. The van der Waals surface area contributed by atoms with Crippen LogP contribution in [0, 0.1) is 25.1 Å². The summed E-state index contributed by atoms with van der Waals surface area (Å²) in [5, 5.41) is 0. The van der Waals surface area contributed by atoms with Crippen LogP contribution in [0.4, 0.5) is 8.78 Å². The molecule has 1 aromatic carbocycles. The van der Waals surface area contributed by atoms with Gasteiger partial charge >= 0.3 is 0 Å². The second-order valence-corrected chi connectivity index (χ2v) is 2.79. The molecule has 1 rings (SSSR count). The molecule has 13 heavy (non-hydrogen) atoms. The van der Waals surface area contributed by atoms with Crippen LogP contribution in [0.3, 0.4) is 0 Å². The Hall–Kier alpha value is -1.43. The van der Waals surface area contributed by atoms with Crippen LogP contribution in [0.2, 0.25) is 0 Å². The number of benzene rings is 1. The molecule has 0 unspecified atom stereocenters. The second kappa shape index (κ2) is 3.99. The maximum atomic E-state index is 13.2. The zero-order valence-corrected chi connectivity index (χ0v) is 7.27. The Bertz CT molecular complexity index is 353. The average Bonchev–Trinajstić information content (AvgIpc) is 2.12. The summed E-state index contributed by atoms with van der Waals surface area (Å²) in [4.78, 5) is 3.06. The van der Waals surface area contributed by atoms with E-state index in [9.17, 15) is 8.78 Å². The van der Waals surface area contributed by atoms with Gasteiger partial charge in [-0.2, -0.15) is 0 Å². The molecule has 0 N–H and O–H groups in total. The molecule has 0 aliphatic heterocycles. The first kappa shape index (κ1) is 9.66. The fraction of sp³-hybridized carbons (Fsp3) is 0.300. The topological polar surface area (TPSA) is 4.36 Å². The Labute approximate surface area is 75.8 Å². The van der Waals surface area contributed by atoms with Crippen LogP contribution in [0.25, 0.3) is 4.85 Å². The highest BCUT2D eigenvalue weighted by atomic mass is 19.1. The lowest BCUT2D eigenvalue weighted by Crippen LogP contribution is -1.99. The minimum Gasteiger partial charge on any atom is -0.317 e. The highest BCUT2D eigenvalue weighted by Gasteiger charge is 2.11. The van der Waals surface area contributed by atoms with E-state index in [0.717, 1.165) is 0 Å². The molecule has 0 bridgehead atoms. The first-order valence-corrected chi connectivity index (χ1v) is 3.93. The fourth-order valence-electron chi connectivity index (χ4n) is 1.11. The summed E-state index contributed by atoms with van der Waals surface area (Å²) in [5.41, 5.74) is 0.442. The van der Waals surface area contributed by atoms with Gasteiger partial charge in [0, 0.05) is 5.56 Å². The van der Waals surface area contributed by atoms with Crippen molar-refractivity contribution in [3.8, 4) is 0 Å². The van der Waals surface area contributed by atoms with E-state index < -0.39 is 11.6 Å². The van der Waals surface area contributed by atoms with Crippen molar-refractivity contribution in [2.75, 3.05) is 6.54 Å². The summed E-state index contributed by atoms with van der Waals surface area (Å²) in [5.74, 6) is -1.09. The van der Waals surface area contributed by atoms with Gasteiger partial charge in [0.2, 0.25) is 6.54 Å². The Morgan fingerprint density at radius 3 is 2.69 bits per heavy atom. The lowest BCUT2D eigenvalue weighted by Gasteiger charge is -2.03. The molecule has 0 aromatic heterocycles. The van der Waals surface area contributed by atoms with Crippen LogP contribution in [-0.4, -0.2) is 6.54 Å². The van der Waals surface area contributed by atoms with E-state index in [-0.39, 0.29) is 18.5 Å². The Morgan fingerprint density at radius 2 is 2.08 bits per heavy atom. The molecular formula is C10H9F2N. The van der Waals surface area contributed by atoms with Gasteiger partial charge in [-0.15, -0.1) is 0 Å². The average molecular weight is 181 g/mol. The molecule has 0 radical (unpaired) electrons. The van der Waals surface area contributed by atoms with E-state index in [1.54, 1.807) is 6.92 Å². The van der Waals surface area contributed by atoms with Gasteiger partial charge in [0.15, 0.2) is 0 Å². The monoisotopic (exact) mass is 181 g/mol. The fourth-order valence-corrected chi connectivity index (χ4v) is 1.11. The molecule has 3 heteroatoms. The normalized spacial score (nSPS) is 9.69. The molecule has 0 amide bonds. The summed E-state index contributed by atoms with van der Waals surface area (Å²) >= 11 is 0. The van der Waals surface area contributed by atoms with Crippen LogP contribution in [0.15, 0.2) is 12.1 Å². The maximum Gasteiger partial charge on any atom is 0.218 e. The van der Waals surface area contributed by atoms with Gasteiger partial charge in [0.1, 0.15) is 11.6 Å². The van der Waals surface area contributed by atoms with E-state index in [1.807, 2.05) is 0 Å². The largest absolute Gasteiger partial charge is 0.317 e. The molecule has 0 saturated carbocycles. The Morgan fingerprint density at radius 1 is 1.38 bits per heavy atom. The van der Waals surface area contributed by atoms with E-state index in [1.165, 1.54) is 12.1 Å². The molecule has 0 heterocycles. The molecule has 0 aliphatic rings. The van der Waals surface area contributed by atoms with Gasteiger partial charge in [-0.05, 0) is 18.6 Å². The van der Waals surface area contributed by atoms with Gasteiger partial charge in [-0.1, -0.05) is 6.07 Å². The Kier molecular flexibility index (Phi) is 2.97. The molecule has 0 spiro atoms. The predicted molar refractivity (Wildman–Crippen MR) is 46.3 cm³/mol. The number of aryl methyl sites for hydroxylation is 1. The number of halogens is 2. The summed E-state index contributed by atoms with van der Waals surface area (Å²) in [6.45, 7) is 8.23. The molecule has 1 nitrogen and oxygen atoms in total. The first-order chi connectivity index (χ1) is 6.16. The highest BCUT2D eigenvalue weighted by molar-refractivity contribution is 5.27. The Balaban J connectivity index is 3.04. The first-order valence-electron chi connectivity index (χ1n) is 3.93. The molecular weight excluding hydrogens is 172 g/mol. The van der Waals surface area contributed by atoms with Crippen LogP contribution in [0.5, 0.6) is 0 Å². The van der Waals surface area contributed by atoms with Gasteiger partial charge in [-0.25, -0.2) is 15.4 Å². The van der Waals surface area contributed by atoms with Gasteiger partial charge in [0.05, 0.1) is 6.42 Å². The molecule has 0 fully saturated rings. The van der Waals surface area contributed by atoms with Crippen molar-refractivity contribution in [3.63, 3.8) is 0 Å². The van der Waals surface area contributed by atoms with Crippen LogP contribution >= 0.6 is 0 Å². The summed E-state index contributed by atoms with van der Waals surface area (Å²) < 4.78 is 26.3. The van der Waals surface area contributed by atoms with E-state index >= 15 is 0 Å². The minimum atomic E-state index is -0.563. The third-order valence-electron chi connectivity index (χ3n) is 1.85. The molecule has 0 aliphatic carbocycles. The molecule has 68 valence electrons. The minimum absolute atomic E-state index is 0.0241. The lowest BCUT2D eigenvalue weighted by molar-refractivity contribution is 0.552. The van der Waals surface area contributed by atoms with Gasteiger partial charge in [0.25, 0.3) is 0 Å². The summed E-state index contributed by atoms with van der Waals surface area (Å²) in [7, 11) is 0. The number of hydrogen-bond acceptors (Lipinski definition) is 0. The van der Waals surface area contributed by atoms with Gasteiger partial charge in [-0.3, -0.25) is 0 Å². The van der Waals surface area contributed by atoms with Crippen LogP contribution < -0.4 is 0 Å². The second-order valence-electron chi connectivity index (χ2n) is 2.79. The van der Waals surface area contributed by atoms with Gasteiger partial charge < -0.3 is 4.85 Å². The van der Waals surface area contributed by atoms with Crippen molar-refractivity contribution >= 4 is 0 Å². The quantitative estimate of drug-likeness (QED) is 0.618. The van der Waals surface area contributed by atoms with Crippen molar-refractivity contribution in [3.05, 3.63) is 46.3 Å². The summed E-state index contributed by atoms with van der Waals surface area (Å²) in [6, 6.07) is 2.63. The zero-order chi connectivity index (χ0) is 9.84. The van der Waals surface area contributed by atoms with Crippen LogP contribution in [-0.2, 0) is 6.42 Å². The standard InChI is InChI=1S/C10H9F2N/c1-7-3-4-9(11)8(10(7)12)5-6-13-2/h3-4H,5-6H2,1H3. The van der Waals surface area contributed by atoms with E-state index in [2.05, 4.69) is 4.85 Å². The SMILES string of the molecule is [C-]#[N+]CCc1c(F)ccc(C)c1F. The molecule has 0 atom stereocenters. The molecule has 0 saturated heterocycles. The van der Waals surface area contributed by atoms with Crippen molar-refractivity contribution < 1.29 is 8.78 Å². The van der Waals surface area contributed by atoms with Crippen molar-refractivity contribution in [1.29, 1.82) is 0 Å². The van der Waals surface area contributed by atoms with Crippen molar-refractivity contribution in [1.82, 2.24) is 0 Å². The zero-order valence-electron chi connectivity index (χ0n) is 7.27. The number of hydrogen-bond donors (Lipinski definition) is 0. The third kappa shape index (κ3) is 2.03. The van der Waals surface area contributed by atoms with E-state index in [4.69, 9.17) is 6.57 Å². The van der Waals surface area contributed by atoms with E-state index in [0.29, 0.717) is 5.56 Å². The lowest BCUT2D eigenvalue weighted by atomic mass is 10.1. The number of nitrogens with zero attached hydrogens (tertiary/aromatic N) is 1. The highest BCUT2D eigenvalue weighted by Crippen LogP contribution is 2.16. The predicted octanol–water partition coefficient (Wildman–Crippen LogP) is 2.74. The van der Waals surface area contributed by atoms with Crippen LogP contribution in [0.1, 0.15) is 11.1 Å². The number of rotatable bonds is 2. The van der Waals surface area contributed by atoms with Crippen molar-refractivity contribution in [2.24, 2.45) is 0 Å². The smallest absolute Gasteiger partial charge is 0.218 e. The molecule has 1 aromatic rings. The van der Waals surface area contributed by atoms with Crippen molar-refractivity contribution in [2.45, 2.75) is 13.3 Å².